The number of nitrogens with zero attached hydrogens (tertiary/aromatic N) is 2. The van der Waals surface area contributed by atoms with Gasteiger partial charge in [-0.3, -0.25) is 0 Å². The summed E-state index contributed by atoms with van der Waals surface area (Å²) in [6.45, 7) is 1.50. The maximum absolute atomic E-state index is 4.60. The van der Waals surface area contributed by atoms with Crippen LogP contribution < -0.4 is 5.32 Å². The summed E-state index contributed by atoms with van der Waals surface area (Å²) in [5.74, 6) is 0.691. The highest BCUT2D eigenvalue weighted by Crippen LogP contribution is 2.07. The van der Waals surface area contributed by atoms with Crippen LogP contribution in [0.15, 0.2) is 28.4 Å². The van der Waals surface area contributed by atoms with E-state index in [0.29, 0.717) is 12.4 Å². The zero-order chi connectivity index (χ0) is 8.93. The van der Waals surface area contributed by atoms with Crippen LogP contribution in [0.1, 0.15) is 10.7 Å². The highest BCUT2D eigenvalue weighted by Gasteiger charge is 1.97. The van der Waals surface area contributed by atoms with Gasteiger partial charge in [0.25, 0.3) is 0 Å². The topological polar surface area (TPSA) is 51.0 Å². The molecule has 1 N–H and O–H groups in total. The van der Waals surface area contributed by atoms with Gasteiger partial charge in [-0.25, -0.2) is 0 Å². The molecule has 13 heavy (non-hydrogen) atoms. The summed E-state index contributed by atoms with van der Waals surface area (Å²) in [7, 11) is 0. The molecule has 0 aliphatic heterocycles. The molecule has 0 aliphatic carbocycles. The second kappa shape index (κ2) is 4.15. The van der Waals surface area contributed by atoms with Crippen molar-refractivity contribution < 1.29 is 4.52 Å². The molecule has 0 spiro atoms. The Kier molecular flexibility index (Phi) is 2.68. The first-order valence-electron chi connectivity index (χ1n) is 3.93. The van der Waals surface area contributed by atoms with Crippen molar-refractivity contribution in [3.05, 3.63) is 34.6 Å². The zero-order valence-electron chi connectivity index (χ0n) is 6.93. The zero-order valence-corrected chi connectivity index (χ0v) is 7.75. The molecule has 4 nitrogen and oxygen atoms in total. The van der Waals surface area contributed by atoms with Gasteiger partial charge in [-0.05, 0) is 11.4 Å². The van der Waals surface area contributed by atoms with Crippen molar-refractivity contribution >= 4 is 11.3 Å². The van der Waals surface area contributed by atoms with Gasteiger partial charge in [0.2, 0.25) is 6.39 Å². The minimum atomic E-state index is 0.647. The van der Waals surface area contributed by atoms with Crippen LogP contribution in [0.3, 0.4) is 0 Å². The van der Waals surface area contributed by atoms with Crippen molar-refractivity contribution in [3.63, 3.8) is 0 Å². The van der Waals surface area contributed by atoms with E-state index in [4.69, 9.17) is 0 Å². The maximum Gasteiger partial charge on any atom is 0.213 e. The van der Waals surface area contributed by atoms with Crippen LogP contribution in [-0.2, 0) is 13.1 Å². The third kappa shape index (κ3) is 2.37. The Hall–Kier alpha value is -1.20. The summed E-state index contributed by atoms with van der Waals surface area (Å²) < 4.78 is 4.60. The van der Waals surface area contributed by atoms with Gasteiger partial charge >= 0.3 is 0 Å². The standard InChI is InChI=1S/C8H9N3OS/c1-2-7(13-3-1)4-9-5-8-10-6-12-11-8/h1-3,6,9H,4-5H2. The molecule has 2 aromatic heterocycles. The lowest BCUT2D eigenvalue weighted by Crippen LogP contribution is -2.12. The lowest BCUT2D eigenvalue weighted by Gasteiger charge is -1.97. The molecule has 0 amide bonds. The third-order valence-corrected chi connectivity index (χ3v) is 2.45. The molecule has 0 saturated heterocycles. The van der Waals surface area contributed by atoms with E-state index in [-0.39, 0.29) is 0 Å². The third-order valence-electron chi connectivity index (χ3n) is 1.57. The average molecular weight is 195 g/mol. The molecule has 2 rings (SSSR count). The largest absolute Gasteiger partial charge is 0.343 e. The Bertz CT molecular complexity index is 296. The minimum Gasteiger partial charge on any atom is -0.343 e. The van der Waals surface area contributed by atoms with Gasteiger partial charge in [0.05, 0.1) is 6.54 Å². The molecule has 0 aromatic carbocycles. The molecule has 2 aromatic rings. The smallest absolute Gasteiger partial charge is 0.213 e. The summed E-state index contributed by atoms with van der Waals surface area (Å²) in [5.41, 5.74) is 0. The van der Waals surface area contributed by atoms with Gasteiger partial charge < -0.3 is 9.84 Å². The summed E-state index contributed by atoms with van der Waals surface area (Å²) in [6, 6.07) is 4.13. The van der Waals surface area contributed by atoms with Crippen molar-refractivity contribution in [2.24, 2.45) is 0 Å². The fraction of sp³-hybridized carbons (Fsp3) is 0.250. The van der Waals surface area contributed by atoms with Crippen LogP contribution in [0.5, 0.6) is 0 Å². The highest BCUT2D eigenvalue weighted by molar-refractivity contribution is 7.09. The number of aromatic nitrogens is 2. The Labute approximate surface area is 79.6 Å². The lowest BCUT2D eigenvalue weighted by atomic mass is 10.4. The monoisotopic (exact) mass is 195 g/mol. The number of thiophene rings is 1. The fourth-order valence-electron chi connectivity index (χ4n) is 0.981. The quantitative estimate of drug-likeness (QED) is 0.801. The van der Waals surface area contributed by atoms with Gasteiger partial charge in [0.1, 0.15) is 0 Å². The van der Waals surface area contributed by atoms with Gasteiger partial charge in [-0.2, -0.15) is 4.98 Å². The van der Waals surface area contributed by atoms with Crippen LogP contribution >= 0.6 is 11.3 Å². The van der Waals surface area contributed by atoms with E-state index in [1.807, 2.05) is 6.07 Å². The van der Waals surface area contributed by atoms with Gasteiger partial charge in [-0.15, -0.1) is 11.3 Å². The first-order valence-corrected chi connectivity index (χ1v) is 4.81. The fourth-order valence-corrected chi connectivity index (χ4v) is 1.66. The number of hydrogen-bond acceptors (Lipinski definition) is 5. The summed E-state index contributed by atoms with van der Waals surface area (Å²) in [4.78, 5) is 5.21. The average Bonchev–Trinajstić information content (AvgIpc) is 2.75. The number of nitrogens with one attached hydrogen (secondary N) is 1. The molecule has 0 radical (unpaired) electrons. The molecular weight excluding hydrogens is 186 g/mol. The first-order chi connectivity index (χ1) is 6.45. The van der Waals surface area contributed by atoms with Crippen LogP contribution in [0.2, 0.25) is 0 Å². The summed E-state index contributed by atoms with van der Waals surface area (Å²) >= 11 is 1.73. The molecule has 0 bridgehead atoms. The van der Waals surface area contributed by atoms with E-state index in [9.17, 15) is 0 Å². The van der Waals surface area contributed by atoms with Gasteiger partial charge in [0, 0.05) is 11.4 Å². The van der Waals surface area contributed by atoms with E-state index in [1.54, 1.807) is 11.3 Å². The Morgan fingerprint density at radius 2 is 2.46 bits per heavy atom. The number of rotatable bonds is 4. The van der Waals surface area contributed by atoms with Crippen molar-refractivity contribution in [1.29, 1.82) is 0 Å². The summed E-state index contributed by atoms with van der Waals surface area (Å²) in [6.07, 6.45) is 1.34. The molecule has 0 unspecified atom stereocenters. The molecule has 0 atom stereocenters. The van der Waals surface area contributed by atoms with E-state index in [0.717, 1.165) is 6.54 Å². The minimum absolute atomic E-state index is 0.647. The van der Waals surface area contributed by atoms with Crippen molar-refractivity contribution in [3.8, 4) is 0 Å². The van der Waals surface area contributed by atoms with Crippen molar-refractivity contribution in [1.82, 2.24) is 15.5 Å². The predicted octanol–water partition coefficient (Wildman–Crippen LogP) is 1.42. The molecule has 0 saturated carbocycles. The highest BCUT2D eigenvalue weighted by atomic mass is 32.1. The van der Waals surface area contributed by atoms with E-state index < -0.39 is 0 Å². The van der Waals surface area contributed by atoms with E-state index in [2.05, 4.69) is 31.4 Å². The molecular formula is C8H9N3OS. The van der Waals surface area contributed by atoms with Crippen LogP contribution in [0.4, 0.5) is 0 Å². The predicted molar refractivity (Wildman–Crippen MR) is 49.2 cm³/mol. The van der Waals surface area contributed by atoms with Crippen LogP contribution in [-0.4, -0.2) is 10.1 Å². The Morgan fingerprint density at radius 3 is 3.15 bits per heavy atom. The number of hydrogen-bond donors (Lipinski definition) is 1. The van der Waals surface area contributed by atoms with E-state index in [1.165, 1.54) is 11.3 Å². The van der Waals surface area contributed by atoms with Gasteiger partial charge in [0.15, 0.2) is 5.82 Å². The van der Waals surface area contributed by atoms with E-state index >= 15 is 0 Å². The molecule has 0 aliphatic rings. The second-order valence-electron chi connectivity index (χ2n) is 2.53. The Balaban J connectivity index is 1.76. The maximum atomic E-state index is 4.60. The van der Waals surface area contributed by atoms with Crippen LogP contribution in [0.25, 0.3) is 0 Å². The molecule has 68 valence electrons. The Morgan fingerprint density at radius 1 is 1.46 bits per heavy atom. The molecule has 2 heterocycles. The first kappa shape index (κ1) is 8.40. The van der Waals surface area contributed by atoms with Crippen molar-refractivity contribution in [2.45, 2.75) is 13.1 Å². The normalized spacial score (nSPS) is 10.5. The molecule has 0 fully saturated rings. The molecule has 5 heteroatoms. The van der Waals surface area contributed by atoms with Gasteiger partial charge in [-0.1, -0.05) is 11.2 Å². The lowest BCUT2D eigenvalue weighted by molar-refractivity contribution is 0.407. The summed E-state index contributed by atoms with van der Waals surface area (Å²) in [5, 5.41) is 8.97. The SMILES string of the molecule is c1csc(CNCc2ncon2)c1. The van der Waals surface area contributed by atoms with Crippen LogP contribution in [0, 0.1) is 0 Å². The second-order valence-corrected chi connectivity index (χ2v) is 3.56. The van der Waals surface area contributed by atoms with Crippen molar-refractivity contribution in [2.75, 3.05) is 0 Å².